The number of hydrogen-bond donors (Lipinski definition) is 3. The van der Waals surface area contributed by atoms with E-state index in [2.05, 4.69) is 10.6 Å². The van der Waals surface area contributed by atoms with Crippen molar-refractivity contribution in [1.29, 1.82) is 0 Å². The van der Waals surface area contributed by atoms with Crippen molar-refractivity contribution < 1.29 is 9.90 Å². The molecule has 1 unspecified atom stereocenters. The number of aliphatic hydroxyl groups is 1. The molecule has 1 amide bonds. The second kappa shape index (κ2) is 6.53. The maximum Gasteiger partial charge on any atom is 0.221 e. The van der Waals surface area contributed by atoms with E-state index in [0.29, 0.717) is 13.0 Å². The summed E-state index contributed by atoms with van der Waals surface area (Å²) in [4.78, 5) is 11.5. The molecule has 0 spiro atoms. The van der Waals surface area contributed by atoms with E-state index in [1.54, 1.807) is 0 Å². The molecule has 104 valence electrons. The Morgan fingerprint density at radius 1 is 1.22 bits per heavy atom. The van der Waals surface area contributed by atoms with Crippen LogP contribution in [0.5, 0.6) is 0 Å². The molecule has 1 saturated carbocycles. The lowest BCUT2D eigenvalue weighted by Crippen LogP contribution is -2.45. The Labute approximate surface area is 110 Å². The van der Waals surface area contributed by atoms with Crippen LogP contribution in [0.15, 0.2) is 0 Å². The highest BCUT2D eigenvalue weighted by atomic mass is 16.3. The molecule has 0 aromatic carbocycles. The molecule has 0 radical (unpaired) electrons. The molecule has 1 heterocycles. The number of nitrogens with one attached hydrogen (secondary N) is 2. The number of carbonyl (C=O) groups is 1. The highest BCUT2D eigenvalue weighted by molar-refractivity contribution is 5.76. The van der Waals surface area contributed by atoms with Crippen molar-refractivity contribution in [3.05, 3.63) is 0 Å². The van der Waals surface area contributed by atoms with Gasteiger partial charge in [0.05, 0.1) is 5.60 Å². The minimum atomic E-state index is -0.542. The summed E-state index contributed by atoms with van der Waals surface area (Å²) in [7, 11) is 0. The van der Waals surface area contributed by atoms with Crippen molar-refractivity contribution >= 4 is 5.91 Å². The summed E-state index contributed by atoms with van der Waals surface area (Å²) in [5.74, 6) is 0.137. The third-order valence-electron chi connectivity index (χ3n) is 4.24. The van der Waals surface area contributed by atoms with Gasteiger partial charge in [-0.05, 0) is 25.7 Å². The lowest BCUT2D eigenvalue weighted by molar-refractivity contribution is -0.121. The van der Waals surface area contributed by atoms with Crippen molar-refractivity contribution in [3.8, 4) is 0 Å². The molecule has 0 bridgehead atoms. The number of amides is 1. The molecular formula is C14H26N2O2. The van der Waals surface area contributed by atoms with E-state index >= 15 is 0 Å². The van der Waals surface area contributed by atoms with Gasteiger partial charge >= 0.3 is 0 Å². The second-order valence-electron chi connectivity index (χ2n) is 5.91. The normalized spacial score (nSPS) is 29.2. The standard InChI is InChI=1S/C14H26N2O2/c17-13-10-12(6-5-9-15-13)16-11-14(18)7-3-1-2-4-8-14/h12,16,18H,1-11H2,(H,15,17). The highest BCUT2D eigenvalue weighted by Crippen LogP contribution is 2.26. The smallest absolute Gasteiger partial charge is 0.221 e. The Balaban J connectivity index is 1.79. The van der Waals surface area contributed by atoms with Crippen molar-refractivity contribution in [2.24, 2.45) is 0 Å². The fraction of sp³-hybridized carbons (Fsp3) is 0.929. The van der Waals surface area contributed by atoms with E-state index < -0.39 is 5.60 Å². The van der Waals surface area contributed by atoms with Gasteiger partial charge in [-0.2, -0.15) is 0 Å². The molecule has 18 heavy (non-hydrogen) atoms. The minimum absolute atomic E-state index is 0.137. The maximum atomic E-state index is 11.5. The monoisotopic (exact) mass is 254 g/mol. The zero-order valence-electron chi connectivity index (χ0n) is 11.2. The first-order valence-electron chi connectivity index (χ1n) is 7.40. The fourth-order valence-electron chi connectivity index (χ4n) is 3.05. The number of carbonyl (C=O) groups excluding carboxylic acids is 1. The zero-order chi connectivity index (χ0) is 12.8. The van der Waals surface area contributed by atoms with Crippen LogP contribution in [0.3, 0.4) is 0 Å². The predicted octanol–water partition coefficient (Wildman–Crippen LogP) is 1.33. The number of rotatable bonds is 3. The Bertz CT molecular complexity index is 273. The van der Waals surface area contributed by atoms with Gasteiger partial charge in [0.1, 0.15) is 0 Å². The van der Waals surface area contributed by atoms with Crippen molar-refractivity contribution in [2.45, 2.75) is 69.4 Å². The van der Waals surface area contributed by atoms with Crippen molar-refractivity contribution in [2.75, 3.05) is 13.1 Å². The lowest BCUT2D eigenvalue weighted by Gasteiger charge is -2.29. The largest absolute Gasteiger partial charge is 0.389 e. The summed E-state index contributed by atoms with van der Waals surface area (Å²) in [6.45, 7) is 1.44. The van der Waals surface area contributed by atoms with Crippen molar-refractivity contribution in [1.82, 2.24) is 10.6 Å². The van der Waals surface area contributed by atoms with Gasteiger partial charge in [0, 0.05) is 25.6 Å². The van der Waals surface area contributed by atoms with Gasteiger partial charge in [-0.3, -0.25) is 4.79 Å². The van der Waals surface area contributed by atoms with Gasteiger partial charge in [0.25, 0.3) is 0 Å². The van der Waals surface area contributed by atoms with Gasteiger partial charge in [-0.25, -0.2) is 0 Å². The minimum Gasteiger partial charge on any atom is -0.389 e. The topological polar surface area (TPSA) is 61.4 Å². The first-order chi connectivity index (χ1) is 8.68. The zero-order valence-corrected chi connectivity index (χ0v) is 11.2. The van der Waals surface area contributed by atoms with Gasteiger partial charge in [0.15, 0.2) is 0 Å². The van der Waals surface area contributed by atoms with Gasteiger partial charge < -0.3 is 15.7 Å². The van der Waals surface area contributed by atoms with Crippen LogP contribution in [0.1, 0.15) is 57.8 Å². The molecule has 1 aliphatic carbocycles. The first-order valence-corrected chi connectivity index (χ1v) is 7.40. The molecule has 4 nitrogen and oxygen atoms in total. The quantitative estimate of drug-likeness (QED) is 0.666. The average Bonchev–Trinajstić information content (AvgIpc) is 2.68. The van der Waals surface area contributed by atoms with Crippen LogP contribution < -0.4 is 10.6 Å². The predicted molar refractivity (Wildman–Crippen MR) is 71.3 cm³/mol. The van der Waals surface area contributed by atoms with Crippen LogP contribution in [0.2, 0.25) is 0 Å². The lowest BCUT2D eigenvalue weighted by atomic mass is 9.94. The van der Waals surface area contributed by atoms with Gasteiger partial charge in [0.2, 0.25) is 5.91 Å². The van der Waals surface area contributed by atoms with Crippen LogP contribution in [0, 0.1) is 0 Å². The summed E-state index contributed by atoms with van der Waals surface area (Å²) in [5, 5.41) is 16.9. The Morgan fingerprint density at radius 2 is 1.94 bits per heavy atom. The highest BCUT2D eigenvalue weighted by Gasteiger charge is 2.29. The van der Waals surface area contributed by atoms with E-state index in [0.717, 1.165) is 45.1 Å². The molecule has 1 saturated heterocycles. The summed E-state index contributed by atoms with van der Waals surface area (Å²) >= 11 is 0. The molecule has 4 heteroatoms. The summed E-state index contributed by atoms with van der Waals surface area (Å²) < 4.78 is 0. The maximum absolute atomic E-state index is 11.5. The Hall–Kier alpha value is -0.610. The van der Waals surface area contributed by atoms with E-state index in [-0.39, 0.29) is 11.9 Å². The summed E-state index contributed by atoms with van der Waals surface area (Å²) in [6, 6.07) is 0.236. The molecule has 0 aromatic heterocycles. The van der Waals surface area contributed by atoms with E-state index in [4.69, 9.17) is 0 Å². The van der Waals surface area contributed by atoms with E-state index in [1.165, 1.54) is 12.8 Å². The van der Waals surface area contributed by atoms with E-state index in [9.17, 15) is 9.90 Å². The fourth-order valence-corrected chi connectivity index (χ4v) is 3.05. The van der Waals surface area contributed by atoms with Crippen LogP contribution in [-0.4, -0.2) is 35.7 Å². The van der Waals surface area contributed by atoms with Crippen LogP contribution >= 0.6 is 0 Å². The molecule has 2 aliphatic rings. The second-order valence-corrected chi connectivity index (χ2v) is 5.91. The van der Waals surface area contributed by atoms with E-state index in [1.807, 2.05) is 0 Å². The first kappa shape index (κ1) is 13.8. The SMILES string of the molecule is O=C1CC(NCC2(O)CCCCCC2)CCCN1. The number of hydrogen-bond acceptors (Lipinski definition) is 3. The van der Waals surface area contributed by atoms with Gasteiger partial charge in [-0.1, -0.05) is 25.7 Å². The molecule has 1 aliphatic heterocycles. The van der Waals surface area contributed by atoms with Crippen LogP contribution in [0.25, 0.3) is 0 Å². The van der Waals surface area contributed by atoms with Crippen LogP contribution in [0.4, 0.5) is 0 Å². The molecular weight excluding hydrogens is 228 g/mol. The van der Waals surface area contributed by atoms with Gasteiger partial charge in [-0.15, -0.1) is 0 Å². The summed E-state index contributed by atoms with van der Waals surface area (Å²) in [5.41, 5.74) is -0.542. The molecule has 0 aromatic rings. The average molecular weight is 254 g/mol. The van der Waals surface area contributed by atoms with Crippen molar-refractivity contribution in [3.63, 3.8) is 0 Å². The molecule has 3 N–H and O–H groups in total. The van der Waals surface area contributed by atoms with Crippen LogP contribution in [-0.2, 0) is 4.79 Å². The summed E-state index contributed by atoms with van der Waals surface area (Å²) in [6.07, 6.45) is 9.15. The molecule has 2 rings (SSSR count). The molecule has 1 atom stereocenters. The third-order valence-corrected chi connectivity index (χ3v) is 4.24. The Morgan fingerprint density at radius 3 is 2.67 bits per heavy atom. The Kier molecular flexibility index (Phi) is 5.01. The molecule has 2 fully saturated rings. The third kappa shape index (κ3) is 4.25.